The number of thiazole rings is 1. The highest BCUT2D eigenvalue weighted by Crippen LogP contribution is 2.26. The second kappa shape index (κ2) is 6.03. The molecule has 0 aromatic carbocycles. The van der Waals surface area contributed by atoms with Gasteiger partial charge in [0.1, 0.15) is 0 Å². The molecule has 1 aliphatic rings. The lowest BCUT2D eigenvalue weighted by Crippen LogP contribution is -2.27. The van der Waals surface area contributed by atoms with E-state index in [1.165, 1.54) is 36.5 Å². The summed E-state index contributed by atoms with van der Waals surface area (Å²) in [5, 5.41) is 3.29. The molecule has 0 spiro atoms. The standard InChI is InChI=1S/C12H20N2S2/c1-9-14-12(8-16-9)7-11(13)6-10-2-4-15-5-3-10/h8,10-11H,2-7,13H2,1H3. The molecule has 90 valence electrons. The van der Waals surface area contributed by atoms with E-state index in [4.69, 9.17) is 5.73 Å². The molecule has 0 radical (unpaired) electrons. The third kappa shape index (κ3) is 3.75. The van der Waals surface area contributed by atoms with Crippen LogP contribution >= 0.6 is 23.1 Å². The minimum atomic E-state index is 0.301. The van der Waals surface area contributed by atoms with Gasteiger partial charge in [0, 0.05) is 17.8 Å². The lowest BCUT2D eigenvalue weighted by molar-refractivity contribution is 0.405. The second-order valence-corrected chi connectivity index (χ2v) is 6.90. The number of hydrogen-bond acceptors (Lipinski definition) is 4. The molecule has 2 heterocycles. The van der Waals surface area contributed by atoms with E-state index in [0.29, 0.717) is 6.04 Å². The Morgan fingerprint density at radius 2 is 2.25 bits per heavy atom. The summed E-state index contributed by atoms with van der Waals surface area (Å²) in [6.07, 6.45) is 4.84. The number of nitrogens with zero attached hydrogens (tertiary/aromatic N) is 1. The van der Waals surface area contributed by atoms with Gasteiger partial charge in [-0.1, -0.05) is 0 Å². The van der Waals surface area contributed by atoms with Crippen LogP contribution in [-0.2, 0) is 6.42 Å². The number of rotatable bonds is 4. The number of hydrogen-bond donors (Lipinski definition) is 1. The van der Waals surface area contributed by atoms with Crippen molar-refractivity contribution in [2.75, 3.05) is 11.5 Å². The first-order chi connectivity index (χ1) is 7.74. The lowest BCUT2D eigenvalue weighted by Gasteiger charge is -2.23. The zero-order valence-corrected chi connectivity index (χ0v) is 11.4. The summed E-state index contributed by atoms with van der Waals surface area (Å²) in [7, 11) is 0. The minimum absolute atomic E-state index is 0.301. The Hall–Kier alpha value is -0.0600. The quantitative estimate of drug-likeness (QED) is 0.900. The molecule has 2 rings (SSSR count). The van der Waals surface area contributed by atoms with E-state index in [0.717, 1.165) is 17.3 Å². The van der Waals surface area contributed by atoms with Crippen molar-refractivity contribution >= 4 is 23.1 Å². The van der Waals surface area contributed by atoms with Gasteiger partial charge >= 0.3 is 0 Å². The predicted octanol–water partition coefficient (Wildman–Crippen LogP) is 2.85. The minimum Gasteiger partial charge on any atom is -0.327 e. The first kappa shape index (κ1) is 12.4. The molecular weight excluding hydrogens is 236 g/mol. The fraction of sp³-hybridized carbons (Fsp3) is 0.750. The van der Waals surface area contributed by atoms with Gasteiger partial charge in [0.25, 0.3) is 0 Å². The van der Waals surface area contributed by atoms with Crippen LogP contribution in [-0.4, -0.2) is 22.5 Å². The summed E-state index contributed by atoms with van der Waals surface area (Å²) in [5.41, 5.74) is 7.38. The van der Waals surface area contributed by atoms with Gasteiger partial charge in [-0.25, -0.2) is 4.98 Å². The Kier molecular flexibility index (Phi) is 4.67. The van der Waals surface area contributed by atoms with Crippen LogP contribution in [0.5, 0.6) is 0 Å². The Morgan fingerprint density at radius 3 is 2.88 bits per heavy atom. The fourth-order valence-electron chi connectivity index (χ4n) is 2.26. The van der Waals surface area contributed by atoms with Gasteiger partial charge in [-0.15, -0.1) is 11.3 Å². The van der Waals surface area contributed by atoms with Gasteiger partial charge < -0.3 is 5.73 Å². The van der Waals surface area contributed by atoms with Crippen LogP contribution in [0.25, 0.3) is 0 Å². The van der Waals surface area contributed by atoms with Crippen molar-refractivity contribution < 1.29 is 0 Å². The normalized spacial score (nSPS) is 19.9. The average Bonchev–Trinajstić information content (AvgIpc) is 2.65. The van der Waals surface area contributed by atoms with E-state index < -0.39 is 0 Å². The lowest BCUT2D eigenvalue weighted by atomic mass is 9.93. The third-order valence-electron chi connectivity index (χ3n) is 3.11. The van der Waals surface area contributed by atoms with Gasteiger partial charge in [-0.05, 0) is 43.6 Å². The van der Waals surface area contributed by atoms with Crippen molar-refractivity contribution in [1.29, 1.82) is 0 Å². The Balaban J connectivity index is 1.77. The van der Waals surface area contributed by atoms with Crippen LogP contribution in [0.1, 0.15) is 30.0 Å². The smallest absolute Gasteiger partial charge is 0.0897 e. The first-order valence-electron chi connectivity index (χ1n) is 5.98. The van der Waals surface area contributed by atoms with Crippen LogP contribution in [0.3, 0.4) is 0 Å². The summed E-state index contributed by atoms with van der Waals surface area (Å²) in [6.45, 7) is 2.05. The van der Waals surface area contributed by atoms with Gasteiger partial charge in [-0.2, -0.15) is 11.8 Å². The molecule has 1 aromatic rings. The Bertz CT molecular complexity index is 319. The van der Waals surface area contributed by atoms with Gasteiger partial charge in [0.15, 0.2) is 0 Å². The van der Waals surface area contributed by atoms with Crippen LogP contribution < -0.4 is 5.73 Å². The van der Waals surface area contributed by atoms with Crippen molar-refractivity contribution in [3.63, 3.8) is 0 Å². The number of nitrogens with two attached hydrogens (primary N) is 1. The molecule has 1 atom stereocenters. The molecule has 0 amide bonds. The average molecular weight is 256 g/mol. The number of aryl methyl sites for hydroxylation is 1. The van der Waals surface area contributed by atoms with Crippen molar-refractivity contribution in [3.05, 3.63) is 16.1 Å². The molecule has 1 saturated heterocycles. The zero-order chi connectivity index (χ0) is 11.4. The molecule has 1 aromatic heterocycles. The van der Waals surface area contributed by atoms with E-state index in [9.17, 15) is 0 Å². The van der Waals surface area contributed by atoms with Crippen molar-refractivity contribution in [2.45, 2.75) is 38.6 Å². The highest BCUT2D eigenvalue weighted by molar-refractivity contribution is 7.99. The molecule has 2 nitrogen and oxygen atoms in total. The summed E-state index contributed by atoms with van der Waals surface area (Å²) >= 11 is 3.80. The monoisotopic (exact) mass is 256 g/mol. The first-order valence-corrected chi connectivity index (χ1v) is 8.02. The largest absolute Gasteiger partial charge is 0.327 e. The van der Waals surface area contributed by atoms with E-state index in [-0.39, 0.29) is 0 Å². The van der Waals surface area contributed by atoms with Crippen LogP contribution in [0.4, 0.5) is 0 Å². The highest BCUT2D eigenvalue weighted by Gasteiger charge is 2.17. The maximum absolute atomic E-state index is 6.20. The van der Waals surface area contributed by atoms with Crippen LogP contribution in [0.15, 0.2) is 5.38 Å². The molecule has 16 heavy (non-hydrogen) atoms. The molecule has 0 bridgehead atoms. The summed E-state index contributed by atoms with van der Waals surface area (Å²) in [6, 6.07) is 0.301. The fourth-order valence-corrected chi connectivity index (χ4v) is 4.09. The van der Waals surface area contributed by atoms with Crippen LogP contribution in [0, 0.1) is 12.8 Å². The highest BCUT2D eigenvalue weighted by atomic mass is 32.2. The van der Waals surface area contributed by atoms with Gasteiger partial charge in [0.2, 0.25) is 0 Å². The molecular formula is C12H20N2S2. The molecule has 4 heteroatoms. The van der Waals surface area contributed by atoms with E-state index in [1.807, 2.05) is 0 Å². The summed E-state index contributed by atoms with van der Waals surface area (Å²) in [5.74, 6) is 3.51. The van der Waals surface area contributed by atoms with E-state index >= 15 is 0 Å². The summed E-state index contributed by atoms with van der Waals surface area (Å²) < 4.78 is 0. The SMILES string of the molecule is Cc1nc(CC(N)CC2CCSCC2)cs1. The van der Waals surface area contributed by atoms with E-state index in [2.05, 4.69) is 29.0 Å². The molecule has 1 unspecified atom stereocenters. The molecule has 0 saturated carbocycles. The number of aromatic nitrogens is 1. The zero-order valence-electron chi connectivity index (χ0n) is 9.82. The molecule has 1 fully saturated rings. The Morgan fingerprint density at radius 1 is 1.50 bits per heavy atom. The second-order valence-electron chi connectivity index (χ2n) is 4.61. The molecule has 0 aliphatic carbocycles. The van der Waals surface area contributed by atoms with Crippen molar-refractivity contribution in [1.82, 2.24) is 4.98 Å². The predicted molar refractivity (Wildman–Crippen MR) is 73.2 cm³/mol. The summed E-state index contributed by atoms with van der Waals surface area (Å²) in [4.78, 5) is 4.48. The number of thioether (sulfide) groups is 1. The van der Waals surface area contributed by atoms with Crippen molar-refractivity contribution in [3.8, 4) is 0 Å². The van der Waals surface area contributed by atoms with Crippen molar-refractivity contribution in [2.24, 2.45) is 11.7 Å². The van der Waals surface area contributed by atoms with Gasteiger partial charge in [-0.3, -0.25) is 0 Å². The topological polar surface area (TPSA) is 38.9 Å². The maximum atomic E-state index is 6.20. The Labute approximate surface area is 106 Å². The maximum Gasteiger partial charge on any atom is 0.0897 e. The third-order valence-corrected chi connectivity index (χ3v) is 4.99. The van der Waals surface area contributed by atoms with E-state index in [1.54, 1.807) is 11.3 Å². The van der Waals surface area contributed by atoms with Crippen LogP contribution in [0.2, 0.25) is 0 Å². The molecule has 1 aliphatic heterocycles. The van der Waals surface area contributed by atoms with Gasteiger partial charge in [0.05, 0.1) is 10.7 Å². The molecule has 2 N–H and O–H groups in total.